The van der Waals surface area contributed by atoms with Gasteiger partial charge in [0.25, 0.3) is 0 Å². The summed E-state index contributed by atoms with van der Waals surface area (Å²) in [6.07, 6.45) is 8.88. The zero-order valence-corrected chi connectivity index (χ0v) is 16.6. The first-order valence-electron chi connectivity index (χ1n) is 10.4. The Labute approximate surface area is 163 Å². The standard InChI is InChI=1S/C21H34N4O2/c1-23(11-3-15-26)21(27)19-4-2-12-25(17-19)20-7-13-24(14-8-20)16-18-5-9-22-10-6-18/h5-6,9-10,19-20,26H,2-4,7-8,11-17H2,1H3. The molecular formula is C21H34N4O2. The van der Waals surface area contributed by atoms with E-state index in [2.05, 4.69) is 26.9 Å². The van der Waals surface area contributed by atoms with E-state index in [1.807, 2.05) is 24.3 Å². The molecule has 3 rings (SSSR count). The molecule has 27 heavy (non-hydrogen) atoms. The first kappa shape index (κ1) is 20.2. The minimum atomic E-state index is 0.122. The molecule has 0 radical (unpaired) electrons. The van der Waals surface area contributed by atoms with Crippen LogP contribution in [0.3, 0.4) is 0 Å². The van der Waals surface area contributed by atoms with E-state index in [-0.39, 0.29) is 18.4 Å². The molecule has 2 saturated heterocycles. The molecule has 150 valence electrons. The number of carbonyl (C=O) groups excluding carboxylic acids is 1. The Bertz CT molecular complexity index is 575. The van der Waals surface area contributed by atoms with E-state index in [1.54, 1.807) is 0 Å². The van der Waals surface area contributed by atoms with Crippen molar-refractivity contribution in [1.29, 1.82) is 0 Å². The smallest absolute Gasteiger partial charge is 0.226 e. The van der Waals surface area contributed by atoms with E-state index >= 15 is 0 Å². The second kappa shape index (κ2) is 10.2. The van der Waals surface area contributed by atoms with E-state index in [1.165, 1.54) is 18.4 Å². The van der Waals surface area contributed by atoms with Gasteiger partial charge in [0.1, 0.15) is 0 Å². The van der Waals surface area contributed by atoms with Gasteiger partial charge in [0.2, 0.25) is 5.91 Å². The lowest BCUT2D eigenvalue weighted by Crippen LogP contribution is -2.50. The Hall–Kier alpha value is -1.50. The Morgan fingerprint density at radius 2 is 1.96 bits per heavy atom. The second-order valence-electron chi connectivity index (χ2n) is 8.03. The molecule has 1 unspecified atom stereocenters. The van der Waals surface area contributed by atoms with Crippen LogP contribution in [0.25, 0.3) is 0 Å². The van der Waals surface area contributed by atoms with Crippen molar-refractivity contribution in [2.75, 3.05) is 46.4 Å². The zero-order chi connectivity index (χ0) is 19.1. The number of pyridine rings is 1. The van der Waals surface area contributed by atoms with Gasteiger partial charge in [-0.1, -0.05) is 0 Å². The molecule has 0 aliphatic carbocycles. The van der Waals surface area contributed by atoms with Gasteiger partial charge in [0.05, 0.1) is 5.92 Å². The quantitative estimate of drug-likeness (QED) is 0.786. The summed E-state index contributed by atoms with van der Waals surface area (Å²) in [6, 6.07) is 4.80. The van der Waals surface area contributed by atoms with E-state index in [9.17, 15) is 4.79 Å². The average molecular weight is 375 g/mol. The normalized spacial score (nSPS) is 22.7. The molecule has 6 nitrogen and oxygen atoms in total. The summed E-state index contributed by atoms with van der Waals surface area (Å²) in [6.45, 7) is 6.07. The molecule has 0 bridgehead atoms. The number of likely N-dealkylation sites (tertiary alicyclic amines) is 2. The van der Waals surface area contributed by atoms with Crippen molar-refractivity contribution in [3.8, 4) is 0 Å². The van der Waals surface area contributed by atoms with Crippen LogP contribution in [0.2, 0.25) is 0 Å². The fourth-order valence-corrected chi connectivity index (χ4v) is 4.46. The first-order valence-corrected chi connectivity index (χ1v) is 10.4. The number of carbonyl (C=O) groups is 1. The minimum Gasteiger partial charge on any atom is -0.396 e. The van der Waals surface area contributed by atoms with Crippen molar-refractivity contribution < 1.29 is 9.90 Å². The lowest BCUT2D eigenvalue weighted by molar-refractivity contribution is -0.136. The van der Waals surface area contributed by atoms with Crippen LogP contribution < -0.4 is 0 Å². The van der Waals surface area contributed by atoms with Gasteiger partial charge in [-0.3, -0.25) is 19.6 Å². The van der Waals surface area contributed by atoms with Crippen LogP contribution in [-0.2, 0) is 11.3 Å². The van der Waals surface area contributed by atoms with Crippen LogP contribution in [0, 0.1) is 5.92 Å². The largest absolute Gasteiger partial charge is 0.396 e. The fraction of sp³-hybridized carbons (Fsp3) is 0.714. The molecule has 0 saturated carbocycles. The van der Waals surface area contributed by atoms with Gasteiger partial charge < -0.3 is 10.0 Å². The zero-order valence-electron chi connectivity index (χ0n) is 16.6. The molecule has 1 N–H and O–H groups in total. The van der Waals surface area contributed by atoms with Crippen LogP contribution in [0.15, 0.2) is 24.5 Å². The molecule has 2 aliphatic rings. The molecule has 6 heteroatoms. The number of piperidine rings is 2. The maximum atomic E-state index is 12.7. The highest BCUT2D eigenvalue weighted by Gasteiger charge is 2.32. The maximum absolute atomic E-state index is 12.7. The van der Waals surface area contributed by atoms with Crippen molar-refractivity contribution in [3.05, 3.63) is 30.1 Å². The summed E-state index contributed by atoms with van der Waals surface area (Å²) >= 11 is 0. The molecule has 1 aromatic rings. The van der Waals surface area contributed by atoms with Crippen molar-refractivity contribution in [1.82, 2.24) is 19.7 Å². The summed E-state index contributed by atoms with van der Waals surface area (Å²) in [4.78, 5) is 23.7. The van der Waals surface area contributed by atoms with Gasteiger partial charge in [-0.25, -0.2) is 0 Å². The number of aliphatic hydroxyl groups is 1. The van der Waals surface area contributed by atoms with Crippen LogP contribution in [0.5, 0.6) is 0 Å². The number of nitrogens with zero attached hydrogens (tertiary/aromatic N) is 4. The molecule has 0 spiro atoms. The molecule has 2 fully saturated rings. The number of hydrogen-bond donors (Lipinski definition) is 1. The van der Waals surface area contributed by atoms with Crippen LogP contribution in [0.4, 0.5) is 0 Å². The minimum absolute atomic E-state index is 0.122. The first-order chi connectivity index (χ1) is 13.2. The predicted molar refractivity (Wildman–Crippen MR) is 106 cm³/mol. The summed E-state index contributed by atoms with van der Waals surface area (Å²) < 4.78 is 0. The van der Waals surface area contributed by atoms with E-state index in [0.717, 1.165) is 45.6 Å². The maximum Gasteiger partial charge on any atom is 0.226 e. The highest BCUT2D eigenvalue weighted by Crippen LogP contribution is 2.25. The Kier molecular flexibility index (Phi) is 7.61. The molecule has 1 amide bonds. The predicted octanol–water partition coefficient (Wildman–Crippen LogP) is 1.60. The lowest BCUT2D eigenvalue weighted by atomic mass is 9.93. The average Bonchev–Trinajstić information content (AvgIpc) is 2.73. The highest BCUT2D eigenvalue weighted by molar-refractivity contribution is 5.78. The van der Waals surface area contributed by atoms with Gasteiger partial charge in [0, 0.05) is 51.7 Å². The van der Waals surface area contributed by atoms with Gasteiger partial charge in [0.15, 0.2) is 0 Å². The third-order valence-corrected chi connectivity index (χ3v) is 6.06. The Morgan fingerprint density at radius 3 is 2.67 bits per heavy atom. The van der Waals surface area contributed by atoms with E-state index in [0.29, 0.717) is 19.0 Å². The highest BCUT2D eigenvalue weighted by atomic mass is 16.3. The van der Waals surface area contributed by atoms with E-state index in [4.69, 9.17) is 5.11 Å². The van der Waals surface area contributed by atoms with Crippen molar-refractivity contribution in [2.24, 2.45) is 5.92 Å². The molecule has 3 heterocycles. The van der Waals surface area contributed by atoms with Crippen molar-refractivity contribution >= 4 is 5.91 Å². The van der Waals surface area contributed by atoms with Crippen LogP contribution >= 0.6 is 0 Å². The number of amides is 1. The number of hydrogen-bond acceptors (Lipinski definition) is 5. The molecule has 0 aromatic carbocycles. The molecule has 1 aromatic heterocycles. The summed E-state index contributed by atoms with van der Waals surface area (Å²) in [7, 11) is 1.87. The monoisotopic (exact) mass is 374 g/mol. The molecule has 2 aliphatic heterocycles. The Balaban J connectivity index is 1.46. The molecular weight excluding hydrogens is 340 g/mol. The third kappa shape index (κ3) is 5.74. The summed E-state index contributed by atoms with van der Waals surface area (Å²) in [5.74, 6) is 0.376. The van der Waals surface area contributed by atoms with Crippen molar-refractivity contribution in [3.63, 3.8) is 0 Å². The second-order valence-corrected chi connectivity index (χ2v) is 8.03. The van der Waals surface area contributed by atoms with E-state index < -0.39 is 0 Å². The number of aliphatic hydroxyl groups excluding tert-OH is 1. The number of rotatable bonds is 7. The Morgan fingerprint density at radius 1 is 1.22 bits per heavy atom. The molecule has 1 atom stereocenters. The topological polar surface area (TPSA) is 59.9 Å². The van der Waals surface area contributed by atoms with Gasteiger partial charge in [-0.2, -0.15) is 0 Å². The SMILES string of the molecule is CN(CCCO)C(=O)C1CCCN(C2CCN(Cc3ccncc3)CC2)C1. The van der Waals surface area contributed by atoms with Crippen LogP contribution in [-0.4, -0.2) is 83.1 Å². The lowest BCUT2D eigenvalue weighted by Gasteiger charge is -2.42. The summed E-state index contributed by atoms with van der Waals surface area (Å²) in [5.41, 5.74) is 1.33. The van der Waals surface area contributed by atoms with Gasteiger partial charge in [-0.05, 0) is 69.4 Å². The van der Waals surface area contributed by atoms with Gasteiger partial charge in [-0.15, -0.1) is 0 Å². The third-order valence-electron chi connectivity index (χ3n) is 6.06. The fourth-order valence-electron chi connectivity index (χ4n) is 4.46. The van der Waals surface area contributed by atoms with Crippen LogP contribution in [0.1, 0.15) is 37.7 Å². The number of aromatic nitrogens is 1. The summed E-state index contributed by atoms with van der Waals surface area (Å²) in [5, 5.41) is 8.98. The van der Waals surface area contributed by atoms with Gasteiger partial charge >= 0.3 is 0 Å². The van der Waals surface area contributed by atoms with Crippen molar-refractivity contribution in [2.45, 2.75) is 44.7 Å².